The first-order valence-corrected chi connectivity index (χ1v) is 9.21. The topological polar surface area (TPSA) is 0 Å². The fraction of sp³-hybridized carbons (Fsp3) is 0.0769. The molecule has 0 atom stereocenters. The van der Waals surface area contributed by atoms with Crippen molar-refractivity contribution in [3.05, 3.63) is 83.9 Å². The van der Waals surface area contributed by atoms with Crippen molar-refractivity contribution in [2.45, 2.75) is 13.8 Å². The van der Waals surface area contributed by atoms with Gasteiger partial charge in [-0.05, 0) is 68.4 Å². The van der Waals surface area contributed by atoms with E-state index in [-0.39, 0.29) is 0 Å². The summed E-state index contributed by atoms with van der Waals surface area (Å²) in [5, 5.41) is 8.20. The highest BCUT2D eigenvalue weighted by Gasteiger charge is 2.25. The molecule has 5 aromatic carbocycles. The summed E-state index contributed by atoms with van der Waals surface area (Å²) in [6.45, 7) is 4.37. The lowest BCUT2D eigenvalue weighted by Gasteiger charge is -2.14. The molecule has 0 heterocycles. The van der Waals surface area contributed by atoms with Gasteiger partial charge in [0.15, 0.2) is 0 Å². The number of fused-ring (bicyclic) bond motifs is 8. The van der Waals surface area contributed by atoms with Gasteiger partial charge in [-0.3, -0.25) is 0 Å². The Morgan fingerprint density at radius 2 is 1.00 bits per heavy atom. The Kier molecular flexibility index (Phi) is 2.57. The predicted octanol–water partition coefficient (Wildman–Crippen LogP) is 7.41. The summed E-state index contributed by atoms with van der Waals surface area (Å²) in [6, 6.07) is 27.2. The average Bonchev–Trinajstić information content (AvgIpc) is 2.99. The second-order valence-electron chi connectivity index (χ2n) is 7.56. The van der Waals surface area contributed by atoms with Crippen molar-refractivity contribution in [2.24, 2.45) is 0 Å². The highest BCUT2D eigenvalue weighted by molar-refractivity contribution is 6.30. The van der Waals surface area contributed by atoms with Gasteiger partial charge < -0.3 is 0 Å². The zero-order chi connectivity index (χ0) is 17.4. The van der Waals surface area contributed by atoms with Gasteiger partial charge in [-0.25, -0.2) is 0 Å². The van der Waals surface area contributed by atoms with E-state index in [0.29, 0.717) is 0 Å². The molecule has 0 N–H and O–H groups in total. The van der Waals surface area contributed by atoms with Crippen LogP contribution in [0.25, 0.3) is 54.6 Å². The first-order valence-electron chi connectivity index (χ1n) is 9.21. The van der Waals surface area contributed by atoms with Crippen LogP contribution in [0.2, 0.25) is 0 Å². The molecule has 0 amide bonds. The van der Waals surface area contributed by atoms with Gasteiger partial charge in [-0.15, -0.1) is 0 Å². The van der Waals surface area contributed by atoms with E-state index < -0.39 is 0 Å². The monoisotopic (exact) mass is 330 g/mol. The van der Waals surface area contributed by atoms with Gasteiger partial charge in [0.25, 0.3) is 0 Å². The van der Waals surface area contributed by atoms with Gasteiger partial charge in [0.1, 0.15) is 0 Å². The van der Waals surface area contributed by atoms with Gasteiger partial charge in [-0.1, -0.05) is 83.9 Å². The Morgan fingerprint density at radius 1 is 0.500 bits per heavy atom. The molecule has 6 rings (SSSR count). The summed E-state index contributed by atoms with van der Waals surface area (Å²) in [5.74, 6) is 0. The first kappa shape index (κ1) is 14.1. The first-order chi connectivity index (χ1) is 12.7. The molecule has 0 radical (unpaired) electrons. The lowest BCUT2D eigenvalue weighted by atomic mass is 9.89. The molecule has 0 aliphatic heterocycles. The third kappa shape index (κ3) is 1.64. The molecule has 26 heavy (non-hydrogen) atoms. The fourth-order valence-electron chi connectivity index (χ4n) is 4.78. The highest BCUT2D eigenvalue weighted by atomic mass is 14.3. The third-order valence-electron chi connectivity index (χ3n) is 5.87. The molecule has 1 aliphatic rings. The second-order valence-corrected chi connectivity index (χ2v) is 7.56. The summed E-state index contributed by atoms with van der Waals surface area (Å²) in [7, 11) is 0. The minimum absolute atomic E-state index is 1.31. The summed E-state index contributed by atoms with van der Waals surface area (Å²) in [4.78, 5) is 0. The molecular formula is C26H18. The van der Waals surface area contributed by atoms with E-state index in [1.54, 1.807) is 0 Å². The average molecular weight is 330 g/mol. The van der Waals surface area contributed by atoms with Crippen LogP contribution in [0.15, 0.2) is 72.8 Å². The van der Waals surface area contributed by atoms with E-state index in [1.165, 1.54) is 65.7 Å². The maximum atomic E-state index is 2.35. The van der Waals surface area contributed by atoms with E-state index in [0.717, 1.165) is 0 Å². The highest BCUT2D eigenvalue weighted by Crippen LogP contribution is 2.53. The minimum Gasteiger partial charge on any atom is -0.0610 e. The van der Waals surface area contributed by atoms with Crippen molar-refractivity contribution in [1.82, 2.24) is 0 Å². The summed E-state index contributed by atoms with van der Waals surface area (Å²) in [5.41, 5.74) is 8.20. The molecular weight excluding hydrogens is 312 g/mol. The lowest BCUT2D eigenvalue weighted by molar-refractivity contribution is 1.50. The van der Waals surface area contributed by atoms with Gasteiger partial charge in [0.05, 0.1) is 0 Å². The Balaban J connectivity index is 1.97. The van der Waals surface area contributed by atoms with Crippen LogP contribution in [-0.4, -0.2) is 0 Å². The second kappa shape index (κ2) is 4.74. The normalized spacial score (nSPS) is 12.2. The van der Waals surface area contributed by atoms with Crippen LogP contribution >= 0.6 is 0 Å². The number of aryl methyl sites for hydroxylation is 2. The largest absolute Gasteiger partial charge is 0.0610 e. The van der Waals surface area contributed by atoms with Crippen LogP contribution in [0.3, 0.4) is 0 Å². The van der Waals surface area contributed by atoms with E-state index in [2.05, 4.69) is 86.6 Å². The SMILES string of the molecule is Cc1ccc2c3c(c4ccc(C)cc4c2c1)-c1cccc2cccc-3c12. The van der Waals surface area contributed by atoms with Crippen molar-refractivity contribution in [3.8, 4) is 22.3 Å². The molecule has 0 fully saturated rings. The van der Waals surface area contributed by atoms with Gasteiger partial charge >= 0.3 is 0 Å². The summed E-state index contributed by atoms with van der Waals surface area (Å²) < 4.78 is 0. The van der Waals surface area contributed by atoms with E-state index in [9.17, 15) is 0 Å². The summed E-state index contributed by atoms with van der Waals surface area (Å²) >= 11 is 0. The Bertz CT molecular complexity index is 1280. The quantitative estimate of drug-likeness (QED) is 0.254. The zero-order valence-corrected chi connectivity index (χ0v) is 14.9. The molecule has 0 unspecified atom stereocenters. The number of hydrogen-bond acceptors (Lipinski definition) is 0. The molecule has 0 aromatic heterocycles. The van der Waals surface area contributed by atoms with Crippen LogP contribution in [0.4, 0.5) is 0 Å². The fourth-order valence-corrected chi connectivity index (χ4v) is 4.78. The molecule has 0 heteroatoms. The number of rotatable bonds is 0. The van der Waals surface area contributed by atoms with Crippen LogP contribution in [-0.2, 0) is 0 Å². The number of hydrogen-bond donors (Lipinski definition) is 0. The third-order valence-corrected chi connectivity index (χ3v) is 5.87. The van der Waals surface area contributed by atoms with E-state index >= 15 is 0 Å². The van der Waals surface area contributed by atoms with Crippen molar-refractivity contribution in [3.63, 3.8) is 0 Å². The Labute approximate surface area is 152 Å². The van der Waals surface area contributed by atoms with Crippen molar-refractivity contribution in [2.75, 3.05) is 0 Å². The van der Waals surface area contributed by atoms with Crippen molar-refractivity contribution < 1.29 is 0 Å². The van der Waals surface area contributed by atoms with Crippen LogP contribution in [0.5, 0.6) is 0 Å². The Hall–Kier alpha value is -3.12. The molecule has 0 spiro atoms. The molecule has 0 saturated heterocycles. The van der Waals surface area contributed by atoms with Crippen LogP contribution < -0.4 is 0 Å². The maximum absolute atomic E-state index is 2.35. The Morgan fingerprint density at radius 3 is 1.50 bits per heavy atom. The zero-order valence-electron chi connectivity index (χ0n) is 14.9. The molecule has 0 saturated carbocycles. The summed E-state index contributed by atoms with van der Waals surface area (Å²) in [6.07, 6.45) is 0. The van der Waals surface area contributed by atoms with E-state index in [4.69, 9.17) is 0 Å². The minimum atomic E-state index is 1.31. The van der Waals surface area contributed by atoms with Crippen LogP contribution in [0, 0.1) is 13.8 Å². The van der Waals surface area contributed by atoms with E-state index in [1.807, 2.05) is 0 Å². The molecule has 0 bridgehead atoms. The molecule has 5 aromatic rings. The number of benzene rings is 5. The maximum Gasteiger partial charge on any atom is -0.00137 e. The van der Waals surface area contributed by atoms with Gasteiger partial charge in [0.2, 0.25) is 0 Å². The molecule has 0 nitrogen and oxygen atoms in total. The van der Waals surface area contributed by atoms with Crippen molar-refractivity contribution in [1.29, 1.82) is 0 Å². The lowest BCUT2D eigenvalue weighted by Crippen LogP contribution is -1.88. The standard InChI is InChI=1S/C26H18/c1-15-9-11-18-22(13-15)23-14-16(2)10-12-19(23)26-21-8-4-6-17-5-3-7-20(24(17)21)25(18)26/h3-14H,1-2H3. The molecule has 1 aliphatic carbocycles. The van der Waals surface area contributed by atoms with Gasteiger partial charge in [0, 0.05) is 0 Å². The predicted molar refractivity (Wildman–Crippen MR) is 113 cm³/mol. The van der Waals surface area contributed by atoms with Crippen LogP contribution in [0.1, 0.15) is 11.1 Å². The van der Waals surface area contributed by atoms with Crippen molar-refractivity contribution >= 4 is 32.3 Å². The molecule has 122 valence electrons. The smallest absolute Gasteiger partial charge is 0.00137 e. The van der Waals surface area contributed by atoms with Gasteiger partial charge in [-0.2, -0.15) is 0 Å².